The minimum Gasteiger partial charge on any atom is -0.465 e. The van der Waals surface area contributed by atoms with Crippen molar-refractivity contribution in [2.24, 2.45) is 5.41 Å². The van der Waals surface area contributed by atoms with E-state index in [1.165, 1.54) is 0 Å². The molecule has 0 saturated carbocycles. The third kappa shape index (κ3) is 7.21. The van der Waals surface area contributed by atoms with Crippen LogP contribution in [0, 0.1) is 5.41 Å². The number of nitrogens with zero attached hydrogens (tertiary/aromatic N) is 1. The topological polar surface area (TPSA) is 82.1 Å². The highest BCUT2D eigenvalue weighted by atomic mass is 16.6. The minimum absolute atomic E-state index is 0.00439. The molecule has 0 N–H and O–H groups in total. The lowest BCUT2D eigenvalue weighted by atomic mass is 9.79. The number of hydrogen-bond acceptors (Lipinski definition) is 6. The van der Waals surface area contributed by atoms with Crippen LogP contribution >= 0.6 is 0 Å². The molecule has 1 heterocycles. The van der Waals surface area contributed by atoms with Crippen molar-refractivity contribution in [2.45, 2.75) is 39.5 Å². The second kappa shape index (κ2) is 12.9. The Balaban J connectivity index is 2.14. The van der Waals surface area contributed by atoms with Gasteiger partial charge >= 0.3 is 11.9 Å². The lowest BCUT2D eigenvalue weighted by molar-refractivity contribution is -0.173. The third-order valence-corrected chi connectivity index (χ3v) is 5.27. The molecule has 7 nitrogen and oxygen atoms in total. The summed E-state index contributed by atoms with van der Waals surface area (Å²) in [6, 6.07) is 9.63. The van der Waals surface area contributed by atoms with Crippen LogP contribution in [0.25, 0.3) is 6.08 Å². The number of esters is 2. The second-order valence-electron chi connectivity index (χ2n) is 7.39. The number of benzene rings is 1. The Labute approximate surface area is 184 Å². The van der Waals surface area contributed by atoms with Gasteiger partial charge in [-0.25, -0.2) is 0 Å². The van der Waals surface area contributed by atoms with Gasteiger partial charge in [0.15, 0.2) is 5.41 Å². The van der Waals surface area contributed by atoms with Crippen LogP contribution < -0.4 is 0 Å². The summed E-state index contributed by atoms with van der Waals surface area (Å²) >= 11 is 0. The normalized spacial score (nSPS) is 14.5. The van der Waals surface area contributed by atoms with E-state index < -0.39 is 17.4 Å². The Kier molecular flexibility index (Phi) is 10.2. The summed E-state index contributed by atoms with van der Waals surface area (Å²) in [5, 5.41) is 0. The summed E-state index contributed by atoms with van der Waals surface area (Å²) in [5.41, 5.74) is -0.505. The molecule has 1 aromatic rings. The predicted molar refractivity (Wildman–Crippen MR) is 117 cm³/mol. The van der Waals surface area contributed by atoms with Crippen molar-refractivity contribution in [2.75, 3.05) is 39.5 Å². The zero-order chi connectivity index (χ0) is 22.5. The number of allylic oxidation sites excluding steroid dienone is 1. The van der Waals surface area contributed by atoms with Crippen LogP contribution in [0.3, 0.4) is 0 Å². The van der Waals surface area contributed by atoms with Crippen LogP contribution in [0.15, 0.2) is 36.4 Å². The molecular weight excluding hydrogens is 398 g/mol. The maximum absolute atomic E-state index is 12.9. The Hall–Kier alpha value is -2.67. The first-order chi connectivity index (χ1) is 15.0. The molecule has 1 fully saturated rings. The van der Waals surface area contributed by atoms with Crippen molar-refractivity contribution in [3.63, 3.8) is 0 Å². The maximum atomic E-state index is 12.9. The third-order valence-electron chi connectivity index (χ3n) is 5.27. The maximum Gasteiger partial charge on any atom is 0.323 e. The molecule has 0 atom stereocenters. The molecular formula is C24H33NO6. The summed E-state index contributed by atoms with van der Waals surface area (Å²) in [7, 11) is 0. The fourth-order valence-corrected chi connectivity index (χ4v) is 3.57. The molecule has 0 unspecified atom stereocenters. The van der Waals surface area contributed by atoms with E-state index in [1.807, 2.05) is 36.4 Å². The first-order valence-corrected chi connectivity index (χ1v) is 10.9. The average molecular weight is 432 g/mol. The zero-order valence-corrected chi connectivity index (χ0v) is 18.5. The second-order valence-corrected chi connectivity index (χ2v) is 7.39. The van der Waals surface area contributed by atoms with E-state index in [2.05, 4.69) is 0 Å². The quantitative estimate of drug-likeness (QED) is 0.395. The van der Waals surface area contributed by atoms with E-state index in [0.29, 0.717) is 32.7 Å². The van der Waals surface area contributed by atoms with Crippen LogP contribution in [0.4, 0.5) is 0 Å². The fourth-order valence-electron chi connectivity index (χ4n) is 3.57. The number of morpholine rings is 1. The molecule has 1 aliphatic heterocycles. The first-order valence-electron chi connectivity index (χ1n) is 10.9. The highest BCUT2D eigenvalue weighted by molar-refractivity contribution is 6.00. The monoisotopic (exact) mass is 431 g/mol. The highest BCUT2D eigenvalue weighted by Gasteiger charge is 2.47. The van der Waals surface area contributed by atoms with Gasteiger partial charge in [0.05, 0.1) is 26.4 Å². The summed E-state index contributed by atoms with van der Waals surface area (Å²) < 4.78 is 15.8. The van der Waals surface area contributed by atoms with Crippen LogP contribution in [0.1, 0.15) is 45.1 Å². The highest BCUT2D eigenvalue weighted by Crippen LogP contribution is 2.34. The summed E-state index contributed by atoms with van der Waals surface area (Å²) in [5.74, 6) is -1.21. The average Bonchev–Trinajstić information content (AvgIpc) is 2.79. The molecule has 1 aromatic carbocycles. The van der Waals surface area contributed by atoms with Crippen molar-refractivity contribution < 1.29 is 28.6 Å². The Morgan fingerprint density at radius 3 is 2.23 bits per heavy atom. The van der Waals surface area contributed by atoms with E-state index in [0.717, 1.165) is 5.56 Å². The van der Waals surface area contributed by atoms with E-state index in [1.54, 1.807) is 24.8 Å². The molecule has 0 spiro atoms. The molecule has 1 aliphatic rings. The Morgan fingerprint density at radius 1 is 1.03 bits per heavy atom. The first kappa shape index (κ1) is 24.6. The number of carbonyl (C=O) groups is 3. The fraction of sp³-hybridized carbons (Fsp3) is 0.542. The lowest BCUT2D eigenvalue weighted by Crippen LogP contribution is -2.43. The van der Waals surface area contributed by atoms with Crippen LogP contribution in [0.2, 0.25) is 0 Å². The molecule has 0 radical (unpaired) electrons. The Morgan fingerprint density at radius 2 is 1.65 bits per heavy atom. The molecule has 1 amide bonds. The summed E-state index contributed by atoms with van der Waals surface area (Å²) in [6.07, 6.45) is 4.63. The summed E-state index contributed by atoms with van der Waals surface area (Å²) in [4.78, 5) is 40.1. The van der Waals surface area contributed by atoms with Gasteiger partial charge in [0.2, 0.25) is 5.91 Å². The van der Waals surface area contributed by atoms with Gasteiger partial charge in [-0.1, -0.05) is 42.5 Å². The zero-order valence-electron chi connectivity index (χ0n) is 18.5. The van der Waals surface area contributed by atoms with E-state index in [4.69, 9.17) is 14.2 Å². The van der Waals surface area contributed by atoms with Crippen LogP contribution in [-0.4, -0.2) is 62.3 Å². The van der Waals surface area contributed by atoms with Gasteiger partial charge in [0.25, 0.3) is 0 Å². The van der Waals surface area contributed by atoms with Crippen LogP contribution in [-0.2, 0) is 28.6 Å². The largest absolute Gasteiger partial charge is 0.465 e. The van der Waals surface area contributed by atoms with Gasteiger partial charge in [0.1, 0.15) is 0 Å². The summed E-state index contributed by atoms with van der Waals surface area (Å²) in [6.45, 7) is 5.94. The number of hydrogen-bond donors (Lipinski definition) is 0. The lowest BCUT2D eigenvalue weighted by Gasteiger charge is -2.29. The SMILES string of the molecule is CCOC(=O)C(CC=Cc1ccccc1)(CCCC(=O)N1CCOCC1)C(=O)OCC. The molecule has 1 saturated heterocycles. The predicted octanol–water partition coefficient (Wildman–Crippen LogP) is 3.23. The molecule has 2 rings (SSSR count). The number of carbonyl (C=O) groups excluding carboxylic acids is 3. The van der Waals surface area contributed by atoms with Crippen LogP contribution in [0.5, 0.6) is 0 Å². The smallest absolute Gasteiger partial charge is 0.323 e. The number of ether oxygens (including phenoxy) is 3. The molecule has 7 heteroatoms. The molecule has 0 aromatic heterocycles. The molecule has 0 bridgehead atoms. The van der Waals surface area contributed by atoms with Gasteiger partial charge < -0.3 is 19.1 Å². The van der Waals surface area contributed by atoms with E-state index in [-0.39, 0.29) is 38.4 Å². The number of amides is 1. The van der Waals surface area contributed by atoms with Gasteiger partial charge in [-0.05, 0) is 38.7 Å². The standard InChI is InChI=1S/C24H33NO6/c1-3-30-22(27)24(23(28)31-4-2,14-8-12-20-10-6-5-7-11-20)15-9-13-21(26)25-16-18-29-19-17-25/h5-8,10-12H,3-4,9,13-19H2,1-2H3. The van der Waals surface area contributed by atoms with Gasteiger partial charge in [-0.15, -0.1) is 0 Å². The van der Waals surface area contributed by atoms with Crippen molar-refractivity contribution in [3.8, 4) is 0 Å². The minimum atomic E-state index is -1.47. The molecule has 31 heavy (non-hydrogen) atoms. The molecule has 170 valence electrons. The van der Waals surface area contributed by atoms with Crippen molar-refractivity contribution in [1.29, 1.82) is 0 Å². The van der Waals surface area contributed by atoms with E-state index in [9.17, 15) is 14.4 Å². The van der Waals surface area contributed by atoms with Gasteiger partial charge in [-0.2, -0.15) is 0 Å². The number of rotatable bonds is 11. The van der Waals surface area contributed by atoms with E-state index >= 15 is 0 Å². The van der Waals surface area contributed by atoms with Crippen molar-refractivity contribution >= 4 is 23.9 Å². The van der Waals surface area contributed by atoms with Gasteiger partial charge in [0, 0.05) is 19.5 Å². The molecule has 0 aliphatic carbocycles. The van der Waals surface area contributed by atoms with Gasteiger partial charge in [-0.3, -0.25) is 14.4 Å². The van der Waals surface area contributed by atoms with Crippen molar-refractivity contribution in [3.05, 3.63) is 42.0 Å². The Bertz CT molecular complexity index is 722. The van der Waals surface area contributed by atoms with Crippen molar-refractivity contribution in [1.82, 2.24) is 4.90 Å².